The number of hydrogen-bond acceptors (Lipinski definition) is 2. The second-order valence-electron chi connectivity index (χ2n) is 5.16. The lowest BCUT2D eigenvalue weighted by atomic mass is 10.1. The first-order valence-corrected chi connectivity index (χ1v) is 6.52. The monoisotopic (exact) mass is 254 g/mol. The van der Waals surface area contributed by atoms with Gasteiger partial charge in [0.2, 0.25) is 0 Å². The lowest BCUT2D eigenvalue weighted by Gasteiger charge is -2.20. The predicted octanol–water partition coefficient (Wildman–Crippen LogP) is 3.22. The summed E-state index contributed by atoms with van der Waals surface area (Å²) < 4.78 is 27.1. The Bertz CT molecular complexity index is 415. The molecular formula is C14H20F2N2. The quantitative estimate of drug-likeness (QED) is 0.862. The van der Waals surface area contributed by atoms with Crippen molar-refractivity contribution >= 4 is 5.69 Å². The largest absolute Gasteiger partial charge is 0.380 e. The van der Waals surface area contributed by atoms with Gasteiger partial charge < -0.3 is 10.6 Å². The van der Waals surface area contributed by atoms with Crippen molar-refractivity contribution in [3.05, 3.63) is 29.3 Å². The summed E-state index contributed by atoms with van der Waals surface area (Å²) in [5.41, 5.74) is 0.590. The third kappa shape index (κ3) is 3.19. The summed E-state index contributed by atoms with van der Waals surface area (Å²) in [7, 11) is 0. The average molecular weight is 254 g/mol. The van der Waals surface area contributed by atoms with Crippen LogP contribution in [0.5, 0.6) is 0 Å². The second-order valence-corrected chi connectivity index (χ2v) is 5.16. The number of rotatable bonds is 4. The molecule has 1 aromatic carbocycles. The van der Waals surface area contributed by atoms with Gasteiger partial charge >= 0.3 is 0 Å². The summed E-state index contributed by atoms with van der Waals surface area (Å²) in [6.45, 7) is 4.62. The fourth-order valence-corrected chi connectivity index (χ4v) is 2.47. The van der Waals surface area contributed by atoms with Gasteiger partial charge in [0.05, 0.1) is 5.69 Å². The molecule has 1 aliphatic heterocycles. The smallest absolute Gasteiger partial charge is 0.146 e. The molecule has 2 N–H and O–H groups in total. The van der Waals surface area contributed by atoms with Crippen LogP contribution in [0.4, 0.5) is 14.5 Å². The van der Waals surface area contributed by atoms with E-state index in [1.807, 2.05) is 6.92 Å². The van der Waals surface area contributed by atoms with E-state index in [4.69, 9.17) is 0 Å². The normalized spacial score (nSPS) is 21.0. The van der Waals surface area contributed by atoms with Gasteiger partial charge in [-0.15, -0.1) is 0 Å². The maximum atomic E-state index is 13.7. The van der Waals surface area contributed by atoms with E-state index in [0.717, 1.165) is 19.4 Å². The fourth-order valence-electron chi connectivity index (χ4n) is 2.47. The molecule has 18 heavy (non-hydrogen) atoms. The molecule has 1 aromatic rings. The zero-order valence-electron chi connectivity index (χ0n) is 10.9. The van der Waals surface area contributed by atoms with Crippen molar-refractivity contribution in [1.29, 1.82) is 0 Å². The van der Waals surface area contributed by atoms with E-state index in [2.05, 4.69) is 10.6 Å². The van der Waals surface area contributed by atoms with Crippen LogP contribution in [0.25, 0.3) is 0 Å². The standard InChI is InChI=1S/C14H20F2N2/c1-9-6-13(16)14(8-12(9)15)18-10(2)7-11-4-3-5-17-11/h6,8,10-11,17-18H,3-5,7H2,1-2H3. The lowest BCUT2D eigenvalue weighted by molar-refractivity contribution is 0.520. The van der Waals surface area contributed by atoms with Gasteiger partial charge in [-0.1, -0.05) is 0 Å². The van der Waals surface area contributed by atoms with Crippen molar-refractivity contribution in [3.63, 3.8) is 0 Å². The van der Waals surface area contributed by atoms with Gasteiger partial charge in [-0.3, -0.25) is 0 Å². The van der Waals surface area contributed by atoms with E-state index in [1.165, 1.54) is 18.6 Å². The molecule has 4 heteroatoms. The Kier molecular flexibility index (Phi) is 4.17. The molecule has 100 valence electrons. The van der Waals surface area contributed by atoms with Gasteiger partial charge in [0.15, 0.2) is 0 Å². The number of nitrogens with one attached hydrogen (secondary N) is 2. The van der Waals surface area contributed by atoms with Gasteiger partial charge in [0.1, 0.15) is 11.6 Å². The molecule has 0 spiro atoms. The molecule has 0 bridgehead atoms. The van der Waals surface area contributed by atoms with Crippen LogP contribution in [0, 0.1) is 18.6 Å². The molecule has 0 radical (unpaired) electrons. The third-order valence-corrected chi connectivity index (χ3v) is 3.45. The maximum Gasteiger partial charge on any atom is 0.146 e. The Balaban J connectivity index is 1.97. The Morgan fingerprint density at radius 1 is 1.39 bits per heavy atom. The number of anilines is 1. The maximum absolute atomic E-state index is 13.7. The fraction of sp³-hybridized carbons (Fsp3) is 0.571. The van der Waals surface area contributed by atoms with E-state index in [-0.39, 0.29) is 23.4 Å². The molecule has 0 amide bonds. The molecule has 0 aliphatic carbocycles. The first-order chi connectivity index (χ1) is 8.56. The van der Waals surface area contributed by atoms with Crippen molar-refractivity contribution in [3.8, 4) is 0 Å². The van der Waals surface area contributed by atoms with Gasteiger partial charge in [-0.25, -0.2) is 8.78 Å². The topological polar surface area (TPSA) is 24.1 Å². The molecule has 1 heterocycles. The third-order valence-electron chi connectivity index (χ3n) is 3.45. The van der Waals surface area contributed by atoms with Crippen molar-refractivity contribution in [1.82, 2.24) is 5.32 Å². The highest BCUT2D eigenvalue weighted by Crippen LogP contribution is 2.21. The van der Waals surface area contributed by atoms with E-state index in [9.17, 15) is 8.78 Å². The Hall–Kier alpha value is -1.16. The summed E-state index contributed by atoms with van der Waals surface area (Å²) in [5, 5.41) is 6.45. The van der Waals surface area contributed by atoms with Crippen LogP contribution >= 0.6 is 0 Å². The average Bonchev–Trinajstić information content (AvgIpc) is 2.78. The van der Waals surface area contributed by atoms with Gasteiger partial charge in [0, 0.05) is 18.2 Å². The molecule has 2 unspecified atom stereocenters. The minimum absolute atomic E-state index is 0.122. The molecule has 2 rings (SSSR count). The Labute approximate surface area is 107 Å². The second kappa shape index (κ2) is 5.65. The highest BCUT2D eigenvalue weighted by atomic mass is 19.1. The van der Waals surface area contributed by atoms with Crippen LogP contribution in [0.2, 0.25) is 0 Å². The van der Waals surface area contributed by atoms with Crippen molar-refractivity contribution in [2.24, 2.45) is 0 Å². The minimum Gasteiger partial charge on any atom is -0.380 e. The molecule has 1 aliphatic rings. The number of aryl methyl sites for hydroxylation is 1. The summed E-state index contributed by atoms with van der Waals surface area (Å²) in [5.74, 6) is -0.759. The van der Waals surface area contributed by atoms with Crippen molar-refractivity contribution < 1.29 is 8.78 Å². The Morgan fingerprint density at radius 3 is 2.83 bits per heavy atom. The Morgan fingerprint density at radius 2 is 2.17 bits per heavy atom. The zero-order chi connectivity index (χ0) is 13.1. The molecule has 2 nitrogen and oxygen atoms in total. The van der Waals surface area contributed by atoms with E-state index < -0.39 is 0 Å². The highest BCUT2D eigenvalue weighted by Gasteiger charge is 2.18. The number of hydrogen-bond donors (Lipinski definition) is 2. The van der Waals surface area contributed by atoms with E-state index in [0.29, 0.717) is 11.6 Å². The minimum atomic E-state index is -0.389. The SMILES string of the molecule is Cc1cc(F)c(NC(C)CC2CCCN2)cc1F. The van der Waals surface area contributed by atoms with Crippen LogP contribution in [0.15, 0.2) is 12.1 Å². The highest BCUT2D eigenvalue weighted by molar-refractivity contribution is 5.47. The first-order valence-electron chi connectivity index (χ1n) is 6.52. The van der Waals surface area contributed by atoms with Crippen LogP contribution in [-0.4, -0.2) is 18.6 Å². The van der Waals surface area contributed by atoms with E-state index in [1.54, 1.807) is 6.92 Å². The molecule has 0 saturated carbocycles. The van der Waals surface area contributed by atoms with Crippen LogP contribution in [0.1, 0.15) is 31.7 Å². The molecule has 0 aromatic heterocycles. The van der Waals surface area contributed by atoms with Crippen molar-refractivity contribution in [2.75, 3.05) is 11.9 Å². The van der Waals surface area contributed by atoms with E-state index >= 15 is 0 Å². The van der Waals surface area contributed by atoms with Crippen LogP contribution < -0.4 is 10.6 Å². The number of benzene rings is 1. The molecule has 1 saturated heterocycles. The van der Waals surface area contributed by atoms with Gasteiger partial charge in [-0.2, -0.15) is 0 Å². The van der Waals surface area contributed by atoms with Crippen molar-refractivity contribution in [2.45, 2.75) is 45.2 Å². The summed E-state index contributed by atoms with van der Waals surface area (Å²) >= 11 is 0. The first kappa shape index (κ1) is 13.3. The van der Waals surface area contributed by atoms with Gasteiger partial charge in [-0.05, 0) is 51.3 Å². The number of halogens is 2. The van der Waals surface area contributed by atoms with Gasteiger partial charge in [0.25, 0.3) is 0 Å². The summed E-state index contributed by atoms with van der Waals surface area (Å²) in [6, 6.07) is 3.09. The predicted molar refractivity (Wildman–Crippen MR) is 69.8 cm³/mol. The molecule has 2 atom stereocenters. The van der Waals surface area contributed by atoms with Crippen LogP contribution in [-0.2, 0) is 0 Å². The lowest BCUT2D eigenvalue weighted by Crippen LogP contribution is -2.29. The van der Waals surface area contributed by atoms with Crippen LogP contribution in [0.3, 0.4) is 0 Å². The molecule has 1 fully saturated rings. The molecular weight excluding hydrogens is 234 g/mol. The summed E-state index contributed by atoms with van der Waals surface area (Å²) in [6.07, 6.45) is 3.29. The summed E-state index contributed by atoms with van der Waals surface area (Å²) in [4.78, 5) is 0. The zero-order valence-corrected chi connectivity index (χ0v) is 10.9.